The largest absolute Gasteiger partial charge is 0.490 e. The average molecular weight is 495 g/mol. The van der Waals surface area contributed by atoms with Gasteiger partial charge in [0, 0.05) is 25.0 Å². The molecule has 1 fully saturated rings. The van der Waals surface area contributed by atoms with Crippen molar-refractivity contribution < 1.29 is 23.9 Å². The van der Waals surface area contributed by atoms with E-state index in [0.717, 1.165) is 12.0 Å². The van der Waals surface area contributed by atoms with Crippen LogP contribution in [0.3, 0.4) is 0 Å². The number of nitrogens with zero attached hydrogens (tertiary/aromatic N) is 1. The van der Waals surface area contributed by atoms with Crippen LogP contribution in [0.25, 0.3) is 0 Å². The van der Waals surface area contributed by atoms with Crippen molar-refractivity contribution in [2.24, 2.45) is 0 Å². The molecule has 36 heavy (non-hydrogen) atoms. The molecule has 3 N–H and O–H groups in total. The number of likely N-dealkylation sites (N-methyl/N-ethyl adjacent to an activating group) is 1. The molecule has 9 nitrogen and oxygen atoms in total. The highest BCUT2D eigenvalue weighted by molar-refractivity contribution is 6.02. The number of hydrogen-bond donors (Lipinski definition) is 3. The Morgan fingerprint density at radius 2 is 1.86 bits per heavy atom. The van der Waals surface area contributed by atoms with Gasteiger partial charge in [0.05, 0.1) is 24.1 Å². The number of carbonyl (C=O) groups excluding carboxylic acids is 3. The minimum absolute atomic E-state index is 0.0201. The highest BCUT2D eigenvalue weighted by atomic mass is 16.5. The monoisotopic (exact) mass is 494 g/mol. The van der Waals surface area contributed by atoms with Gasteiger partial charge in [-0.2, -0.15) is 0 Å². The summed E-state index contributed by atoms with van der Waals surface area (Å²) in [7, 11) is 1.76. The predicted octanol–water partition coefficient (Wildman–Crippen LogP) is 3.94. The van der Waals surface area contributed by atoms with Crippen LogP contribution in [-0.4, -0.2) is 61.2 Å². The smallest absolute Gasteiger partial charge is 0.323 e. The third-order valence-electron chi connectivity index (χ3n) is 6.53. The van der Waals surface area contributed by atoms with E-state index in [2.05, 4.69) is 16.0 Å². The van der Waals surface area contributed by atoms with Crippen molar-refractivity contribution in [1.29, 1.82) is 0 Å². The molecule has 0 radical (unpaired) electrons. The van der Waals surface area contributed by atoms with Gasteiger partial charge in [0.25, 0.3) is 5.91 Å². The number of hydrogen-bond acceptors (Lipinski definition) is 5. The fourth-order valence-corrected chi connectivity index (χ4v) is 4.66. The van der Waals surface area contributed by atoms with E-state index < -0.39 is 6.03 Å². The second-order valence-corrected chi connectivity index (χ2v) is 9.38. The quantitative estimate of drug-likeness (QED) is 0.564. The van der Waals surface area contributed by atoms with E-state index in [1.165, 1.54) is 0 Å². The Morgan fingerprint density at radius 1 is 1.08 bits per heavy atom. The molecule has 3 atom stereocenters. The average Bonchev–Trinajstić information content (AvgIpc) is 2.85. The third kappa shape index (κ3) is 6.15. The van der Waals surface area contributed by atoms with E-state index in [9.17, 15) is 14.4 Å². The second kappa shape index (κ2) is 11.4. The Hall–Kier alpha value is -3.59. The number of carbonyl (C=O) groups is 3. The highest BCUT2D eigenvalue weighted by Crippen LogP contribution is 2.32. The molecule has 0 unspecified atom stereocenters. The van der Waals surface area contributed by atoms with Crippen LogP contribution < -0.4 is 20.7 Å². The van der Waals surface area contributed by atoms with E-state index >= 15 is 0 Å². The number of anilines is 2. The minimum atomic E-state index is -0.400. The zero-order chi connectivity index (χ0) is 25.7. The second-order valence-electron chi connectivity index (χ2n) is 9.38. The topological polar surface area (TPSA) is 109 Å². The lowest BCUT2D eigenvalue weighted by molar-refractivity contribution is -0.134. The maximum absolute atomic E-state index is 13.4. The number of rotatable bonds is 6. The van der Waals surface area contributed by atoms with E-state index in [1.807, 2.05) is 38.1 Å². The van der Waals surface area contributed by atoms with Crippen LogP contribution in [0.4, 0.5) is 16.2 Å². The fourth-order valence-electron chi connectivity index (χ4n) is 4.66. The molecule has 9 heteroatoms. The molecule has 0 bridgehead atoms. The molecule has 2 heterocycles. The molecule has 2 aromatic rings. The number of ether oxygens (including phenoxy) is 2. The minimum Gasteiger partial charge on any atom is -0.490 e. The van der Waals surface area contributed by atoms with Crippen LogP contribution in [0.1, 0.15) is 48.5 Å². The molecule has 192 valence electrons. The predicted molar refractivity (Wildman–Crippen MR) is 137 cm³/mol. The summed E-state index contributed by atoms with van der Waals surface area (Å²) in [5.41, 5.74) is 2.59. The van der Waals surface area contributed by atoms with Gasteiger partial charge in [-0.05, 0) is 62.1 Å². The van der Waals surface area contributed by atoms with Crippen LogP contribution in [0, 0.1) is 6.92 Å². The Kier molecular flexibility index (Phi) is 8.10. The fraction of sp³-hybridized carbons (Fsp3) is 0.444. The molecule has 2 aliphatic rings. The molecule has 2 aromatic carbocycles. The molecular formula is C27H34N4O5. The van der Waals surface area contributed by atoms with Crippen molar-refractivity contribution in [3.8, 4) is 5.75 Å². The van der Waals surface area contributed by atoms with Crippen molar-refractivity contribution in [3.05, 3.63) is 53.6 Å². The van der Waals surface area contributed by atoms with Gasteiger partial charge in [-0.15, -0.1) is 0 Å². The van der Waals surface area contributed by atoms with Crippen molar-refractivity contribution in [2.45, 2.75) is 57.8 Å². The summed E-state index contributed by atoms with van der Waals surface area (Å²) in [5.74, 6) is 0.208. The zero-order valence-electron chi connectivity index (χ0n) is 21.0. The lowest BCUT2D eigenvalue weighted by Crippen LogP contribution is -2.54. The van der Waals surface area contributed by atoms with Crippen molar-refractivity contribution in [1.82, 2.24) is 10.2 Å². The summed E-state index contributed by atoms with van der Waals surface area (Å²) in [5, 5.41) is 8.47. The lowest BCUT2D eigenvalue weighted by atomic mass is 9.94. The molecule has 4 amide bonds. The molecule has 0 spiro atoms. The van der Waals surface area contributed by atoms with Gasteiger partial charge in [0.2, 0.25) is 5.91 Å². The summed E-state index contributed by atoms with van der Waals surface area (Å²) in [6, 6.07) is 12.0. The summed E-state index contributed by atoms with van der Waals surface area (Å²) in [4.78, 5) is 39.7. The molecule has 2 aliphatic heterocycles. The van der Waals surface area contributed by atoms with Gasteiger partial charge in [0.1, 0.15) is 18.5 Å². The van der Waals surface area contributed by atoms with E-state index in [4.69, 9.17) is 9.47 Å². The standard InChI is InChI=1S/C27H34N4O5/c1-4-12-28-25(32)15-20-9-10-22-24(36-20)16-35-23-11-8-19(14-21(23)26(33)31(22)3)30-27(34)29-18-7-5-6-17(2)13-18/h5-8,11,13-14,20,22,24H,4,9-10,12,15-16H2,1-3H3,(H,28,32)(H2,29,30,34)/t20-,22-,24-/m0/s1. The van der Waals surface area contributed by atoms with Gasteiger partial charge < -0.3 is 30.3 Å². The van der Waals surface area contributed by atoms with Crippen molar-refractivity contribution >= 4 is 29.2 Å². The molecule has 0 saturated carbocycles. The number of amides is 4. The van der Waals surface area contributed by atoms with Gasteiger partial charge in [-0.1, -0.05) is 19.1 Å². The Balaban J connectivity index is 1.43. The summed E-state index contributed by atoms with van der Waals surface area (Å²) < 4.78 is 12.2. The van der Waals surface area contributed by atoms with Gasteiger partial charge >= 0.3 is 6.03 Å². The molecular weight excluding hydrogens is 460 g/mol. The normalized spacial score (nSPS) is 21.2. The number of benzene rings is 2. The first-order chi connectivity index (χ1) is 17.3. The zero-order valence-corrected chi connectivity index (χ0v) is 21.0. The Bertz CT molecular complexity index is 1120. The maximum Gasteiger partial charge on any atom is 0.323 e. The SMILES string of the molecule is CCCNC(=O)C[C@@H]1CC[C@H]2[C@H](COc3ccc(NC(=O)Nc4cccc(C)c4)cc3C(=O)N2C)O1. The van der Waals surface area contributed by atoms with E-state index in [1.54, 1.807) is 30.1 Å². The molecule has 1 saturated heterocycles. The summed E-state index contributed by atoms with van der Waals surface area (Å²) in [6.45, 7) is 4.88. The lowest BCUT2D eigenvalue weighted by Gasteiger charge is -2.42. The van der Waals surface area contributed by atoms with Crippen LogP contribution in [-0.2, 0) is 9.53 Å². The van der Waals surface area contributed by atoms with E-state index in [0.29, 0.717) is 48.5 Å². The first-order valence-corrected chi connectivity index (χ1v) is 12.4. The van der Waals surface area contributed by atoms with Gasteiger partial charge in [-0.25, -0.2) is 4.79 Å². The maximum atomic E-state index is 13.4. The van der Waals surface area contributed by atoms with Crippen LogP contribution in [0.5, 0.6) is 5.75 Å². The van der Waals surface area contributed by atoms with Gasteiger partial charge in [0.15, 0.2) is 0 Å². The third-order valence-corrected chi connectivity index (χ3v) is 6.53. The van der Waals surface area contributed by atoms with Gasteiger partial charge in [-0.3, -0.25) is 9.59 Å². The highest BCUT2D eigenvalue weighted by Gasteiger charge is 2.39. The van der Waals surface area contributed by atoms with Crippen LogP contribution in [0.15, 0.2) is 42.5 Å². The number of urea groups is 1. The van der Waals surface area contributed by atoms with Crippen LogP contribution >= 0.6 is 0 Å². The Labute approximate surface area is 211 Å². The molecule has 0 aliphatic carbocycles. The van der Waals surface area contributed by atoms with Crippen LogP contribution in [0.2, 0.25) is 0 Å². The number of fused-ring (bicyclic) bond motifs is 2. The van der Waals surface area contributed by atoms with Crippen molar-refractivity contribution in [2.75, 3.05) is 30.8 Å². The Morgan fingerprint density at radius 3 is 2.61 bits per heavy atom. The summed E-state index contributed by atoms with van der Waals surface area (Å²) >= 11 is 0. The summed E-state index contributed by atoms with van der Waals surface area (Å²) in [6.07, 6.45) is 2.06. The number of aryl methyl sites for hydroxylation is 1. The van der Waals surface area contributed by atoms with Crippen molar-refractivity contribution in [3.63, 3.8) is 0 Å². The molecule has 4 rings (SSSR count). The first kappa shape index (κ1) is 25.5. The van der Waals surface area contributed by atoms with E-state index in [-0.39, 0.29) is 36.7 Å². The first-order valence-electron chi connectivity index (χ1n) is 12.4. The molecule has 0 aromatic heterocycles. The number of nitrogens with one attached hydrogen (secondary N) is 3.